The van der Waals surface area contributed by atoms with E-state index < -0.39 is 17.7 Å². The monoisotopic (exact) mass is 307 g/mol. The molecule has 1 aromatic rings. The minimum atomic E-state index is -4.70. The lowest BCUT2D eigenvalue weighted by Crippen LogP contribution is -2.25. The van der Waals surface area contributed by atoms with Crippen molar-refractivity contribution in [1.82, 2.24) is 0 Å². The van der Waals surface area contributed by atoms with E-state index in [0.29, 0.717) is 5.56 Å². The van der Waals surface area contributed by atoms with E-state index in [1.54, 1.807) is 6.07 Å². The first kappa shape index (κ1) is 13.8. The molecule has 0 amide bonds. The molecule has 0 spiro atoms. The van der Waals surface area contributed by atoms with Crippen LogP contribution in [0.1, 0.15) is 11.1 Å². The Morgan fingerprint density at radius 2 is 1.94 bits per heavy atom. The van der Waals surface area contributed by atoms with Crippen molar-refractivity contribution in [3.8, 4) is 0 Å². The van der Waals surface area contributed by atoms with E-state index in [4.69, 9.17) is 0 Å². The van der Waals surface area contributed by atoms with E-state index in [1.807, 2.05) is 0 Å². The molecule has 0 fully saturated rings. The van der Waals surface area contributed by atoms with Gasteiger partial charge >= 0.3 is 6.18 Å². The van der Waals surface area contributed by atoms with Crippen LogP contribution in [-0.2, 0) is 10.1 Å². The van der Waals surface area contributed by atoms with Gasteiger partial charge in [0.2, 0.25) is 0 Å². The molecule has 0 aliphatic rings. The molecule has 0 bridgehead atoms. The maximum Gasteiger partial charge on any atom is 0.410 e. The van der Waals surface area contributed by atoms with Crippen LogP contribution in [0, 0.1) is 0 Å². The number of carbonyl (C=O) groups is 1. The quantitative estimate of drug-likeness (QED) is 0.635. The van der Waals surface area contributed by atoms with Gasteiger partial charge in [0.15, 0.2) is 0 Å². The number of carbonyl (C=O) groups excluding carboxylic acids is 1. The molecule has 2 nitrogen and oxygen atoms in total. The second-order valence-electron chi connectivity index (χ2n) is 3.18. The van der Waals surface area contributed by atoms with Crippen LogP contribution in [0.3, 0.4) is 0 Å². The van der Waals surface area contributed by atoms with Gasteiger partial charge in [-0.2, -0.15) is 13.2 Å². The summed E-state index contributed by atoms with van der Waals surface area (Å²) in [5.74, 6) is -1.85. The van der Waals surface area contributed by atoms with Gasteiger partial charge in [0, 0.05) is 17.0 Å². The molecule has 0 unspecified atom stereocenters. The first-order valence-electron chi connectivity index (χ1n) is 4.50. The zero-order valence-electron chi connectivity index (χ0n) is 8.42. The van der Waals surface area contributed by atoms with E-state index in [0.717, 1.165) is 0 Å². The van der Waals surface area contributed by atoms with Gasteiger partial charge in [-0.15, -0.1) is 0 Å². The van der Waals surface area contributed by atoms with Crippen molar-refractivity contribution in [3.63, 3.8) is 0 Å². The number of rotatable bonds is 3. The summed E-state index contributed by atoms with van der Waals surface area (Å²) in [6, 6.07) is 5.93. The minimum absolute atomic E-state index is 0.00157. The predicted molar refractivity (Wildman–Crippen MR) is 58.1 cm³/mol. The van der Waals surface area contributed by atoms with Crippen LogP contribution < -0.4 is 5.11 Å². The van der Waals surface area contributed by atoms with E-state index >= 15 is 0 Å². The second kappa shape index (κ2) is 5.35. The molecular formula is C11H7BrF3O2-. The summed E-state index contributed by atoms with van der Waals surface area (Å²) >= 11 is 3.08. The minimum Gasteiger partial charge on any atom is -0.545 e. The fourth-order valence-electron chi connectivity index (χ4n) is 1.31. The summed E-state index contributed by atoms with van der Waals surface area (Å²) in [5, 5.41) is 11.0. The van der Waals surface area contributed by atoms with Gasteiger partial charge in [0.25, 0.3) is 0 Å². The van der Waals surface area contributed by atoms with Gasteiger partial charge in [-0.25, -0.2) is 0 Å². The standard InChI is InChI=1S/C11H8BrF3O2/c12-6-7-3-1-2-4-8(7)9(10(16)17)5-11(13,14)15/h1-5H,6H2,(H,16,17)/p-1/b9-5+. The van der Waals surface area contributed by atoms with Crippen LogP contribution in [0.15, 0.2) is 30.3 Å². The van der Waals surface area contributed by atoms with Crippen molar-refractivity contribution in [1.29, 1.82) is 0 Å². The zero-order valence-corrected chi connectivity index (χ0v) is 10.0. The summed E-state index contributed by atoms with van der Waals surface area (Å²) < 4.78 is 36.6. The molecule has 1 rings (SSSR count). The fraction of sp³-hybridized carbons (Fsp3) is 0.182. The first-order valence-corrected chi connectivity index (χ1v) is 5.62. The Hall–Kier alpha value is -1.30. The third-order valence-electron chi connectivity index (χ3n) is 1.98. The van der Waals surface area contributed by atoms with E-state index in [9.17, 15) is 23.1 Å². The number of aliphatic carboxylic acids is 1. The molecule has 0 saturated carbocycles. The second-order valence-corrected chi connectivity index (χ2v) is 3.74. The normalized spacial score (nSPS) is 12.6. The van der Waals surface area contributed by atoms with Crippen LogP contribution in [0.5, 0.6) is 0 Å². The largest absolute Gasteiger partial charge is 0.545 e. The summed E-state index contributed by atoms with van der Waals surface area (Å²) in [4.78, 5) is 10.8. The molecule has 0 aliphatic carbocycles. The fourth-order valence-corrected chi connectivity index (χ4v) is 1.80. The van der Waals surface area contributed by atoms with Crippen LogP contribution >= 0.6 is 15.9 Å². The molecule has 0 heterocycles. The molecule has 6 heteroatoms. The number of carboxylic acids is 1. The SMILES string of the molecule is O=C([O-])/C(=C/C(F)(F)F)c1ccccc1CBr. The predicted octanol–water partition coefficient (Wildman–Crippen LogP) is 2.28. The van der Waals surface area contributed by atoms with Crippen molar-refractivity contribution in [2.24, 2.45) is 0 Å². The van der Waals surface area contributed by atoms with Crippen molar-refractivity contribution >= 4 is 27.5 Å². The molecule has 17 heavy (non-hydrogen) atoms. The number of allylic oxidation sites excluding steroid dienone is 1. The van der Waals surface area contributed by atoms with Gasteiger partial charge in [-0.3, -0.25) is 0 Å². The molecule has 0 atom stereocenters. The third-order valence-corrected chi connectivity index (χ3v) is 2.58. The molecule has 0 aliphatic heterocycles. The molecule has 0 N–H and O–H groups in total. The van der Waals surface area contributed by atoms with Crippen LogP contribution in [-0.4, -0.2) is 12.1 Å². The Balaban J connectivity index is 3.34. The van der Waals surface area contributed by atoms with Gasteiger partial charge in [0.1, 0.15) is 0 Å². The highest BCUT2D eigenvalue weighted by molar-refractivity contribution is 9.08. The van der Waals surface area contributed by atoms with Crippen molar-refractivity contribution < 1.29 is 23.1 Å². The number of benzene rings is 1. The summed E-state index contributed by atoms with van der Waals surface area (Å²) in [6.45, 7) is 0. The molecule has 92 valence electrons. The Bertz CT molecular complexity index is 452. The molecular weight excluding hydrogens is 301 g/mol. The third kappa shape index (κ3) is 3.89. The maximum atomic E-state index is 12.2. The van der Waals surface area contributed by atoms with Crippen molar-refractivity contribution in [2.45, 2.75) is 11.5 Å². The highest BCUT2D eigenvalue weighted by Crippen LogP contribution is 2.26. The van der Waals surface area contributed by atoms with E-state index in [-0.39, 0.29) is 17.0 Å². The van der Waals surface area contributed by atoms with Crippen LogP contribution in [0.25, 0.3) is 5.57 Å². The van der Waals surface area contributed by atoms with Crippen molar-refractivity contribution in [3.05, 3.63) is 41.5 Å². The lowest BCUT2D eigenvalue weighted by Gasteiger charge is -2.13. The van der Waals surface area contributed by atoms with Gasteiger partial charge in [-0.1, -0.05) is 40.2 Å². The average molecular weight is 308 g/mol. The lowest BCUT2D eigenvalue weighted by atomic mass is 10.0. The summed E-state index contributed by atoms with van der Waals surface area (Å²) in [6.07, 6.45) is -4.96. The number of halogens is 4. The maximum absolute atomic E-state index is 12.2. The Labute approximate surface area is 104 Å². The summed E-state index contributed by atoms with van der Waals surface area (Å²) in [7, 11) is 0. The molecule has 1 aromatic carbocycles. The highest BCUT2D eigenvalue weighted by Gasteiger charge is 2.25. The molecule has 0 aromatic heterocycles. The highest BCUT2D eigenvalue weighted by atomic mass is 79.9. The lowest BCUT2D eigenvalue weighted by molar-refractivity contribution is -0.295. The number of hydrogen-bond acceptors (Lipinski definition) is 2. The van der Waals surface area contributed by atoms with Crippen molar-refractivity contribution in [2.75, 3.05) is 0 Å². The Morgan fingerprint density at radius 3 is 2.41 bits per heavy atom. The topological polar surface area (TPSA) is 40.1 Å². The zero-order chi connectivity index (χ0) is 13.1. The Kier molecular flexibility index (Phi) is 4.34. The van der Waals surface area contributed by atoms with Gasteiger partial charge in [0.05, 0.1) is 5.97 Å². The number of carboxylic acid groups (broad SMARTS) is 1. The molecule has 0 saturated heterocycles. The Morgan fingerprint density at radius 1 is 1.35 bits per heavy atom. The first-order chi connectivity index (χ1) is 7.85. The summed E-state index contributed by atoms with van der Waals surface area (Å²) in [5.41, 5.74) is -0.415. The number of alkyl halides is 4. The average Bonchev–Trinajstić information content (AvgIpc) is 2.24. The van der Waals surface area contributed by atoms with Gasteiger partial charge < -0.3 is 9.90 Å². The smallest absolute Gasteiger partial charge is 0.410 e. The van der Waals surface area contributed by atoms with Crippen LogP contribution in [0.4, 0.5) is 13.2 Å². The van der Waals surface area contributed by atoms with Gasteiger partial charge in [-0.05, 0) is 11.1 Å². The molecule has 0 radical (unpaired) electrons. The number of hydrogen-bond donors (Lipinski definition) is 0. The van der Waals surface area contributed by atoms with Crippen LogP contribution in [0.2, 0.25) is 0 Å². The van der Waals surface area contributed by atoms with E-state index in [2.05, 4.69) is 15.9 Å². The van der Waals surface area contributed by atoms with E-state index in [1.165, 1.54) is 18.2 Å².